The van der Waals surface area contributed by atoms with Crippen LogP contribution in [0.2, 0.25) is 0 Å². The maximum absolute atomic E-state index is 14.5. The predicted octanol–water partition coefficient (Wildman–Crippen LogP) is 6.47. The first-order chi connectivity index (χ1) is 23.6. The number of rotatable bonds is 5. The molecule has 0 spiro atoms. The molecule has 6 rings (SSSR count). The van der Waals surface area contributed by atoms with Crippen molar-refractivity contribution in [1.29, 1.82) is 0 Å². The van der Waals surface area contributed by atoms with Crippen LogP contribution in [0.3, 0.4) is 0 Å². The Balaban J connectivity index is 1.49. The van der Waals surface area contributed by atoms with E-state index in [0.29, 0.717) is 36.9 Å². The number of aryl methyl sites for hydroxylation is 2. The molecule has 268 valence electrons. The largest absolute Gasteiger partial charge is 0.475 e. The fourth-order valence-corrected chi connectivity index (χ4v) is 8.20. The lowest BCUT2D eigenvalue weighted by atomic mass is 9.87. The van der Waals surface area contributed by atoms with Gasteiger partial charge in [0.05, 0.1) is 29.2 Å². The molecule has 1 aromatic heterocycles. The van der Waals surface area contributed by atoms with Crippen molar-refractivity contribution >= 4 is 28.0 Å². The van der Waals surface area contributed by atoms with Crippen molar-refractivity contribution in [1.82, 2.24) is 20.2 Å². The third kappa shape index (κ3) is 6.96. The van der Waals surface area contributed by atoms with Crippen molar-refractivity contribution in [3.05, 3.63) is 64.7 Å². The van der Waals surface area contributed by atoms with Crippen LogP contribution in [0.4, 0.5) is 23.9 Å². The number of hydrogen-bond acceptors (Lipinski definition) is 8. The van der Waals surface area contributed by atoms with Gasteiger partial charge in [-0.15, -0.1) is 0 Å². The molecule has 11 nitrogen and oxygen atoms in total. The molecule has 0 unspecified atom stereocenters. The Bertz CT molecular complexity index is 1890. The molecule has 1 atom stereocenters. The third-order valence-corrected chi connectivity index (χ3v) is 11.5. The quantitative estimate of drug-likeness (QED) is 0.307. The van der Waals surface area contributed by atoms with E-state index in [2.05, 4.69) is 20.0 Å². The summed E-state index contributed by atoms with van der Waals surface area (Å²) in [6.07, 6.45) is -3.99. The summed E-state index contributed by atoms with van der Waals surface area (Å²) in [5.41, 5.74) is 1.35. The molecule has 1 aliphatic heterocycles. The Kier molecular flexibility index (Phi) is 9.48. The summed E-state index contributed by atoms with van der Waals surface area (Å²) in [6.45, 7) is 5.16. The van der Waals surface area contributed by atoms with Crippen LogP contribution in [-0.2, 0) is 14.8 Å². The lowest BCUT2D eigenvalue weighted by molar-refractivity contribution is -0.193. The lowest BCUT2D eigenvalue weighted by Crippen LogP contribution is -2.53. The average Bonchev–Trinajstić information content (AvgIpc) is 3.86. The third-order valence-electron chi connectivity index (χ3n) is 10.2. The smallest absolute Gasteiger partial charge is 0.407 e. The zero-order valence-electron chi connectivity index (χ0n) is 28.3. The van der Waals surface area contributed by atoms with E-state index in [9.17, 15) is 31.2 Å². The fraction of sp³-hybridized carbons (Fsp3) is 0.486. The highest BCUT2D eigenvalue weighted by molar-refractivity contribution is 7.92. The molecule has 0 radical (unpaired) electrons. The number of carbonyl (C=O) groups is 2. The number of amides is 2. The predicted molar refractivity (Wildman–Crippen MR) is 178 cm³/mol. The van der Waals surface area contributed by atoms with Crippen LogP contribution in [0.5, 0.6) is 5.88 Å². The number of ether oxygens (including phenoxy) is 2. The van der Waals surface area contributed by atoms with E-state index in [1.54, 1.807) is 6.92 Å². The van der Waals surface area contributed by atoms with E-state index in [0.717, 1.165) is 16.7 Å². The zero-order chi connectivity index (χ0) is 36.0. The maximum atomic E-state index is 14.5. The highest BCUT2D eigenvalue weighted by Gasteiger charge is 2.64. The molecule has 15 heteroatoms. The molecule has 3 aromatic rings. The van der Waals surface area contributed by atoms with E-state index >= 15 is 0 Å². The second kappa shape index (κ2) is 13.4. The standard InChI is InChI=1S/C35H40F3N5O6S/c1-20-7-5-8-21(2)28(20)29-22(3)30-41-32(40-29)42-50(46,47)27-10-6-9-23(17-27)31(44)43(25-13-11-24(12-14-25)39-33(45)48-4)26(19-49-30)18-34(15-16-34)35(36,37)38/h5-10,17,24-26H,11-16,18-19H2,1-4H3,(H,39,45)(H,40,41,42)/t24?,25?,26-/m1/s1. The number of halogens is 3. The Morgan fingerprint density at radius 1 is 1.06 bits per heavy atom. The van der Waals surface area contributed by atoms with E-state index in [4.69, 9.17) is 9.47 Å². The molecule has 50 heavy (non-hydrogen) atoms. The summed E-state index contributed by atoms with van der Waals surface area (Å²) in [4.78, 5) is 36.6. The summed E-state index contributed by atoms with van der Waals surface area (Å²) in [7, 11) is -3.07. The van der Waals surface area contributed by atoms with Gasteiger partial charge in [-0.1, -0.05) is 24.3 Å². The second-order valence-corrected chi connectivity index (χ2v) is 15.2. The molecule has 3 aliphatic rings. The first-order valence-corrected chi connectivity index (χ1v) is 18.1. The molecule has 2 aromatic carbocycles. The lowest BCUT2D eigenvalue weighted by Gasteiger charge is -2.42. The molecule has 2 fully saturated rings. The van der Waals surface area contributed by atoms with Gasteiger partial charge < -0.3 is 19.7 Å². The molecular weight excluding hydrogens is 675 g/mol. The van der Waals surface area contributed by atoms with Gasteiger partial charge in [0.25, 0.3) is 15.9 Å². The van der Waals surface area contributed by atoms with Gasteiger partial charge in [0.2, 0.25) is 11.8 Å². The number of sulfonamides is 1. The van der Waals surface area contributed by atoms with Crippen molar-refractivity contribution in [2.45, 2.75) is 94.9 Å². The van der Waals surface area contributed by atoms with Crippen LogP contribution >= 0.6 is 0 Å². The summed E-state index contributed by atoms with van der Waals surface area (Å²) in [6, 6.07) is 9.26. The van der Waals surface area contributed by atoms with Gasteiger partial charge >= 0.3 is 12.3 Å². The Morgan fingerprint density at radius 3 is 2.34 bits per heavy atom. The number of fused-ring (bicyclic) bond motifs is 4. The molecular formula is C35H40F3N5O6S. The molecule has 2 amide bonds. The summed E-state index contributed by atoms with van der Waals surface area (Å²) >= 11 is 0. The normalized spacial score (nSPS) is 22.9. The van der Waals surface area contributed by atoms with Crippen LogP contribution in [-0.4, -0.2) is 73.3 Å². The molecule has 2 heterocycles. The summed E-state index contributed by atoms with van der Waals surface area (Å²) in [5.74, 6) is -0.900. The number of hydrogen-bond donors (Lipinski definition) is 2. The molecule has 0 saturated heterocycles. The van der Waals surface area contributed by atoms with Crippen LogP contribution in [0.1, 0.15) is 72.0 Å². The highest BCUT2D eigenvalue weighted by Crippen LogP contribution is 2.61. The highest BCUT2D eigenvalue weighted by atomic mass is 32.2. The van der Waals surface area contributed by atoms with Crippen molar-refractivity contribution < 1.29 is 40.7 Å². The average molecular weight is 716 g/mol. The van der Waals surface area contributed by atoms with E-state index in [1.807, 2.05) is 32.0 Å². The van der Waals surface area contributed by atoms with Gasteiger partial charge in [0, 0.05) is 28.8 Å². The minimum absolute atomic E-state index is 0.00354. The van der Waals surface area contributed by atoms with Crippen LogP contribution < -0.4 is 14.8 Å². The molecule has 2 N–H and O–H groups in total. The topological polar surface area (TPSA) is 140 Å². The van der Waals surface area contributed by atoms with Crippen LogP contribution in [0, 0.1) is 26.2 Å². The first-order valence-electron chi connectivity index (χ1n) is 16.6. The molecule has 2 saturated carbocycles. The van der Waals surface area contributed by atoms with E-state index in [1.165, 1.54) is 36.3 Å². The monoisotopic (exact) mass is 715 g/mol. The number of nitrogens with zero attached hydrogens (tertiary/aromatic N) is 3. The number of alkyl carbamates (subject to hydrolysis) is 1. The number of anilines is 1. The van der Waals surface area contributed by atoms with Crippen LogP contribution in [0.25, 0.3) is 11.3 Å². The number of alkyl halides is 3. The van der Waals surface area contributed by atoms with Gasteiger partial charge in [-0.25, -0.2) is 22.9 Å². The SMILES string of the molecule is COC(=O)NC1CCC(N2C(=O)c3cccc(c3)S(=O)(=O)Nc3nc(c(C)c(-c4c(C)cccc4C)n3)OC[C@H]2CC2(C(F)(F)F)CC2)CC1. The van der Waals surface area contributed by atoms with Gasteiger partial charge in [-0.2, -0.15) is 18.2 Å². The second-order valence-electron chi connectivity index (χ2n) is 13.5. The molecule has 4 bridgehead atoms. The minimum atomic E-state index is -4.50. The summed E-state index contributed by atoms with van der Waals surface area (Å²) < 4.78 is 84.5. The van der Waals surface area contributed by atoms with Crippen molar-refractivity contribution in [2.24, 2.45) is 5.41 Å². The fourth-order valence-electron chi connectivity index (χ4n) is 7.21. The maximum Gasteiger partial charge on any atom is 0.407 e. The van der Waals surface area contributed by atoms with Gasteiger partial charge in [-0.3, -0.25) is 4.79 Å². The zero-order valence-corrected chi connectivity index (χ0v) is 29.1. The first kappa shape index (κ1) is 35.4. The van der Waals surface area contributed by atoms with Gasteiger partial charge in [0.15, 0.2) is 0 Å². The number of aromatic nitrogens is 2. The number of methoxy groups -OCH3 is 1. The number of benzene rings is 2. The Morgan fingerprint density at radius 2 is 1.72 bits per heavy atom. The van der Waals surface area contributed by atoms with E-state index in [-0.39, 0.29) is 47.8 Å². The van der Waals surface area contributed by atoms with Crippen molar-refractivity contribution in [3.8, 4) is 17.1 Å². The number of carbonyl (C=O) groups excluding carboxylic acids is 2. The minimum Gasteiger partial charge on any atom is -0.475 e. The van der Waals surface area contributed by atoms with Crippen molar-refractivity contribution in [3.63, 3.8) is 0 Å². The molecule has 2 aliphatic carbocycles. The van der Waals surface area contributed by atoms with E-state index < -0.39 is 52.1 Å². The van der Waals surface area contributed by atoms with Gasteiger partial charge in [0.1, 0.15) is 6.61 Å². The summed E-state index contributed by atoms with van der Waals surface area (Å²) in [5, 5.41) is 2.77. The van der Waals surface area contributed by atoms with Crippen LogP contribution in [0.15, 0.2) is 47.4 Å². The van der Waals surface area contributed by atoms with Gasteiger partial charge in [-0.05, 0) is 95.0 Å². The Hall–Kier alpha value is -4.40. The number of nitrogens with one attached hydrogen (secondary N) is 2. The Labute approximate surface area is 289 Å². The van der Waals surface area contributed by atoms with Crippen molar-refractivity contribution in [2.75, 3.05) is 18.4 Å².